The molecular weight excluding hydrogens is 330 g/mol. The molecule has 0 fully saturated rings. The minimum atomic E-state index is -0.381. The maximum absolute atomic E-state index is 12.0. The fraction of sp³-hybridized carbons (Fsp3) is 0.400. The zero-order valence-electron chi connectivity index (χ0n) is 13.7. The average Bonchev–Trinajstić information content (AvgIpc) is 3.00. The van der Waals surface area contributed by atoms with Gasteiger partial charge in [0.25, 0.3) is 0 Å². The molecule has 2 rings (SSSR count). The van der Waals surface area contributed by atoms with Gasteiger partial charge in [0.2, 0.25) is 11.1 Å². The van der Waals surface area contributed by atoms with E-state index < -0.39 is 0 Å². The normalized spacial score (nSPS) is 11.8. The summed E-state index contributed by atoms with van der Waals surface area (Å²) in [7, 11) is 0. The fourth-order valence-electron chi connectivity index (χ4n) is 1.99. The van der Waals surface area contributed by atoms with Crippen molar-refractivity contribution >= 4 is 29.3 Å². The van der Waals surface area contributed by atoms with Gasteiger partial charge in [0.15, 0.2) is 0 Å². The Labute approximate surface area is 144 Å². The van der Waals surface area contributed by atoms with Gasteiger partial charge in [-0.3, -0.25) is 9.59 Å². The predicted molar refractivity (Wildman–Crippen MR) is 90.0 cm³/mol. The molecular formula is C15H19N5O3S. The van der Waals surface area contributed by atoms with E-state index in [1.807, 2.05) is 13.0 Å². The molecule has 1 atom stereocenters. The SMILES string of the molecule is CCOC(=O)[C@H](CC)Sc1nnnn1-c1cccc(NC(C)=O)c1. The number of rotatable bonds is 7. The van der Waals surface area contributed by atoms with Crippen LogP contribution in [0.15, 0.2) is 29.4 Å². The molecule has 0 bridgehead atoms. The third-order valence-electron chi connectivity index (χ3n) is 3.02. The van der Waals surface area contributed by atoms with Crippen LogP contribution >= 0.6 is 11.8 Å². The Bertz CT molecular complexity index is 719. The lowest BCUT2D eigenvalue weighted by molar-refractivity contribution is -0.142. The largest absolute Gasteiger partial charge is 0.465 e. The van der Waals surface area contributed by atoms with Gasteiger partial charge in [0.1, 0.15) is 5.25 Å². The topological polar surface area (TPSA) is 99.0 Å². The third kappa shape index (κ3) is 4.54. The molecule has 1 aromatic heterocycles. The number of amides is 1. The summed E-state index contributed by atoms with van der Waals surface area (Å²) in [5.74, 6) is -0.446. The molecule has 0 saturated carbocycles. The molecule has 9 heteroatoms. The Balaban J connectivity index is 2.23. The van der Waals surface area contributed by atoms with E-state index in [0.29, 0.717) is 29.6 Å². The summed E-state index contributed by atoms with van der Waals surface area (Å²) in [4.78, 5) is 23.1. The Kier molecular flexibility index (Phi) is 6.30. The highest BCUT2D eigenvalue weighted by Gasteiger charge is 2.23. The number of anilines is 1. The van der Waals surface area contributed by atoms with Crippen LogP contribution in [0, 0.1) is 0 Å². The second-order valence-corrected chi connectivity index (χ2v) is 6.04. The van der Waals surface area contributed by atoms with Gasteiger partial charge in [-0.15, -0.1) is 5.10 Å². The lowest BCUT2D eigenvalue weighted by Crippen LogP contribution is -2.20. The van der Waals surface area contributed by atoms with E-state index in [0.717, 1.165) is 0 Å². The Hall–Kier alpha value is -2.42. The van der Waals surface area contributed by atoms with Crippen molar-refractivity contribution in [3.63, 3.8) is 0 Å². The standard InChI is InChI=1S/C15H19N5O3S/c1-4-13(14(22)23-5-2)24-15-17-18-19-20(15)12-8-6-7-11(9-12)16-10(3)21/h6-9,13H,4-5H2,1-3H3,(H,16,21)/t13-/m0/s1. The van der Waals surface area contributed by atoms with Crippen molar-refractivity contribution < 1.29 is 14.3 Å². The van der Waals surface area contributed by atoms with Crippen molar-refractivity contribution in [2.45, 2.75) is 37.6 Å². The van der Waals surface area contributed by atoms with Gasteiger partial charge in [-0.2, -0.15) is 4.68 Å². The number of carbonyl (C=O) groups excluding carboxylic acids is 2. The number of hydrogen-bond donors (Lipinski definition) is 1. The van der Waals surface area contributed by atoms with Crippen LogP contribution in [-0.2, 0) is 14.3 Å². The molecule has 1 N–H and O–H groups in total. The van der Waals surface area contributed by atoms with Crippen LogP contribution in [0.5, 0.6) is 0 Å². The molecule has 1 heterocycles. The Morgan fingerprint density at radius 2 is 2.17 bits per heavy atom. The van der Waals surface area contributed by atoms with Crippen LogP contribution in [0.1, 0.15) is 27.2 Å². The van der Waals surface area contributed by atoms with Crippen molar-refractivity contribution in [2.24, 2.45) is 0 Å². The van der Waals surface area contributed by atoms with E-state index in [-0.39, 0.29) is 17.1 Å². The molecule has 128 valence electrons. The van der Waals surface area contributed by atoms with E-state index in [2.05, 4.69) is 20.8 Å². The molecule has 0 aliphatic rings. The summed E-state index contributed by atoms with van der Waals surface area (Å²) in [5.41, 5.74) is 1.33. The van der Waals surface area contributed by atoms with Gasteiger partial charge >= 0.3 is 5.97 Å². The van der Waals surface area contributed by atoms with Gasteiger partial charge in [-0.1, -0.05) is 24.8 Å². The zero-order chi connectivity index (χ0) is 17.5. The summed E-state index contributed by atoms with van der Waals surface area (Å²) < 4.78 is 6.59. The molecule has 0 radical (unpaired) electrons. The summed E-state index contributed by atoms with van der Waals surface area (Å²) in [6, 6.07) is 7.14. The third-order valence-corrected chi connectivity index (χ3v) is 4.30. The number of aromatic nitrogens is 4. The van der Waals surface area contributed by atoms with E-state index in [4.69, 9.17) is 4.74 Å². The average molecular weight is 349 g/mol. The van der Waals surface area contributed by atoms with Crippen molar-refractivity contribution in [1.29, 1.82) is 0 Å². The van der Waals surface area contributed by atoms with Crippen LogP contribution in [0.2, 0.25) is 0 Å². The van der Waals surface area contributed by atoms with Gasteiger partial charge in [0.05, 0.1) is 12.3 Å². The van der Waals surface area contributed by atoms with E-state index >= 15 is 0 Å². The van der Waals surface area contributed by atoms with Crippen LogP contribution in [0.4, 0.5) is 5.69 Å². The van der Waals surface area contributed by atoms with Crippen LogP contribution < -0.4 is 5.32 Å². The fourth-order valence-corrected chi connectivity index (χ4v) is 2.90. The summed E-state index contributed by atoms with van der Waals surface area (Å²) >= 11 is 1.25. The zero-order valence-corrected chi connectivity index (χ0v) is 14.5. The molecule has 0 saturated heterocycles. The minimum absolute atomic E-state index is 0.160. The molecule has 0 unspecified atom stereocenters. The van der Waals surface area contributed by atoms with Gasteiger partial charge in [-0.25, -0.2) is 0 Å². The Morgan fingerprint density at radius 3 is 2.83 bits per heavy atom. The lowest BCUT2D eigenvalue weighted by Gasteiger charge is -2.12. The number of ether oxygens (including phenoxy) is 1. The van der Waals surface area contributed by atoms with Crippen LogP contribution in [-0.4, -0.2) is 43.9 Å². The van der Waals surface area contributed by atoms with E-state index in [1.165, 1.54) is 23.4 Å². The first-order chi connectivity index (χ1) is 11.5. The summed E-state index contributed by atoms with van der Waals surface area (Å²) in [6.45, 7) is 5.45. The van der Waals surface area contributed by atoms with Crippen LogP contribution in [0.3, 0.4) is 0 Å². The van der Waals surface area contributed by atoms with Crippen molar-refractivity contribution in [3.8, 4) is 5.69 Å². The monoisotopic (exact) mass is 349 g/mol. The molecule has 1 aromatic carbocycles. The molecule has 8 nitrogen and oxygen atoms in total. The van der Waals surface area contributed by atoms with Gasteiger partial charge in [-0.05, 0) is 42.0 Å². The van der Waals surface area contributed by atoms with Gasteiger partial charge in [0, 0.05) is 12.6 Å². The van der Waals surface area contributed by atoms with Crippen molar-refractivity contribution in [3.05, 3.63) is 24.3 Å². The maximum Gasteiger partial charge on any atom is 0.319 e. The molecule has 2 aromatic rings. The molecule has 0 aliphatic heterocycles. The molecule has 0 spiro atoms. The summed E-state index contributed by atoms with van der Waals surface area (Å²) in [6.07, 6.45) is 0.599. The second-order valence-electron chi connectivity index (χ2n) is 4.87. The minimum Gasteiger partial charge on any atom is -0.465 e. The van der Waals surface area contributed by atoms with Crippen molar-refractivity contribution in [2.75, 3.05) is 11.9 Å². The van der Waals surface area contributed by atoms with Gasteiger partial charge < -0.3 is 10.1 Å². The van der Waals surface area contributed by atoms with E-state index in [9.17, 15) is 9.59 Å². The highest BCUT2D eigenvalue weighted by Crippen LogP contribution is 2.26. The first-order valence-corrected chi connectivity index (χ1v) is 8.42. The smallest absolute Gasteiger partial charge is 0.319 e. The highest BCUT2D eigenvalue weighted by molar-refractivity contribution is 8.00. The summed E-state index contributed by atoms with van der Waals surface area (Å²) in [5, 5.41) is 14.4. The number of thioether (sulfide) groups is 1. The number of carbonyl (C=O) groups is 2. The lowest BCUT2D eigenvalue weighted by atomic mass is 10.3. The first-order valence-electron chi connectivity index (χ1n) is 7.54. The van der Waals surface area contributed by atoms with E-state index in [1.54, 1.807) is 25.1 Å². The number of tetrazole rings is 1. The highest BCUT2D eigenvalue weighted by atomic mass is 32.2. The first kappa shape index (κ1) is 17.9. The number of nitrogens with zero attached hydrogens (tertiary/aromatic N) is 4. The predicted octanol–water partition coefficient (Wildman–Crippen LogP) is 2.05. The number of benzene rings is 1. The molecule has 0 aliphatic carbocycles. The number of esters is 1. The maximum atomic E-state index is 12.0. The molecule has 1 amide bonds. The number of nitrogens with one attached hydrogen (secondary N) is 1. The van der Waals surface area contributed by atoms with Crippen molar-refractivity contribution in [1.82, 2.24) is 20.2 Å². The molecule has 24 heavy (non-hydrogen) atoms. The quantitative estimate of drug-likeness (QED) is 0.603. The number of hydrogen-bond acceptors (Lipinski definition) is 7. The second kappa shape index (κ2) is 8.44. The Morgan fingerprint density at radius 1 is 1.38 bits per heavy atom. The van der Waals surface area contributed by atoms with Crippen LogP contribution in [0.25, 0.3) is 5.69 Å².